The molecule has 1 heterocycles. The molecule has 0 radical (unpaired) electrons. The van der Waals surface area contributed by atoms with Crippen molar-refractivity contribution >= 4 is 0 Å². The minimum absolute atomic E-state index is 0.0775. The maximum Gasteiger partial charge on any atom is 0.158 e. The van der Waals surface area contributed by atoms with Crippen molar-refractivity contribution in [3.63, 3.8) is 0 Å². The molecule has 0 aliphatic heterocycles. The summed E-state index contributed by atoms with van der Waals surface area (Å²) < 4.78 is 1.84. The monoisotopic (exact) mass is 203 g/mol. The lowest BCUT2D eigenvalue weighted by molar-refractivity contribution is 0.265. The van der Waals surface area contributed by atoms with Gasteiger partial charge in [0, 0.05) is 0 Å². The molecule has 0 saturated heterocycles. The van der Waals surface area contributed by atoms with Gasteiger partial charge in [0.2, 0.25) is 0 Å². The summed E-state index contributed by atoms with van der Waals surface area (Å²) in [4.78, 5) is 0. The van der Waals surface area contributed by atoms with Crippen LogP contribution in [0.4, 0.5) is 0 Å². The molecule has 0 bridgehead atoms. The zero-order chi connectivity index (χ0) is 10.7. The van der Waals surface area contributed by atoms with Crippen molar-refractivity contribution in [2.45, 2.75) is 20.1 Å². The van der Waals surface area contributed by atoms with E-state index < -0.39 is 0 Å². The van der Waals surface area contributed by atoms with Gasteiger partial charge in [-0.15, -0.1) is 10.2 Å². The number of rotatable bonds is 3. The van der Waals surface area contributed by atoms with Gasteiger partial charge < -0.3 is 9.67 Å². The van der Waals surface area contributed by atoms with Gasteiger partial charge in [-0.1, -0.05) is 29.8 Å². The van der Waals surface area contributed by atoms with Crippen LogP contribution < -0.4 is 0 Å². The maximum atomic E-state index is 9.01. The first kappa shape index (κ1) is 9.86. The molecule has 0 aliphatic carbocycles. The number of aliphatic hydroxyl groups excluding tert-OH is 1. The van der Waals surface area contributed by atoms with Crippen molar-refractivity contribution in [1.29, 1.82) is 0 Å². The van der Waals surface area contributed by atoms with Crippen molar-refractivity contribution in [3.05, 3.63) is 47.5 Å². The van der Waals surface area contributed by atoms with E-state index in [-0.39, 0.29) is 6.61 Å². The Morgan fingerprint density at radius 3 is 2.67 bits per heavy atom. The van der Waals surface area contributed by atoms with E-state index >= 15 is 0 Å². The molecule has 0 atom stereocenters. The summed E-state index contributed by atoms with van der Waals surface area (Å²) in [6, 6.07) is 8.27. The van der Waals surface area contributed by atoms with E-state index in [2.05, 4.69) is 41.4 Å². The van der Waals surface area contributed by atoms with E-state index in [1.54, 1.807) is 6.33 Å². The van der Waals surface area contributed by atoms with Gasteiger partial charge in [0.1, 0.15) is 12.9 Å². The molecule has 4 nitrogen and oxygen atoms in total. The van der Waals surface area contributed by atoms with Crippen molar-refractivity contribution in [2.24, 2.45) is 0 Å². The Bertz CT molecular complexity index is 433. The lowest BCUT2D eigenvalue weighted by Gasteiger charge is -2.05. The SMILES string of the molecule is Cc1ccc(Cn2cnnc2CO)cc1. The van der Waals surface area contributed by atoms with Crippen molar-refractivity contribution < 1.29 is 5.11 Å². The van der Waals surface area contributed by atoms with Crippen LogP contribution in [-0.4, -0.2) is 19.9 Å². The number of aliphatic hydroxyl groups is 1. The number of aryl methyl sites for hydroxylation is 1. The lowest BCUT2D eigenvalue weighted by Crippen LogP contribution is -2.03. The lowest BCUT2D eigenvalue weighted by atomic mass is 10.1. The fraction of sp³-hybridized carbons (Fsp3) is 0.273. The average molecular weight is 203 g/mol. The molecule has 1 aromatic heterocycles. The Labute approximate surface area is 88.2 Å². The number of hydrogen-bond acceptors (Lipinski definition) is 3. The highest BCUT2D eigenvalue weighted by Gasteiger charge is 2.02. The molecule has 2 aromatic rings. The topological polar surface area (TPSA) is 50.9 Å². The number of nitrogens with zero attached hydrogens (tertiary/aromatic N) is 3. The van der Waals surface area contributed by atoms with Gasteiger partial charge in [0.15, 0.2) is 5.82 Å². The number of benzene rings is 1. The van der Waals surface area contributed by atoms with Gasteiger partial charge in [0.25, 0.3) is 0 Å². The third-order valence-electron chi connectivity index (χ3n) is 2.31. The highest BCUT2D eigenvalue weighted by atomic mass is 16.3. The molecule has 1 aromatic carbocycles. The van der Waals surface area contributed by atoms with Gasteiger partial charge in [-0.25, -0.2) is 0 Å². The second-order valence-corrected chi connectivity index (χ2v) is 3.52. The van der Waals surface area contributed by atoms with Crippen LogP contribution in [0.25, 0.3) is 0 Å². The summed E-state index contributed by atoms with van der Waals surface area (Å²) in [5, 5.41) is 16.6. The van der Waals surface area contributed by atoms with E-state index in [0.717, 1.165) is 0 Å². The molecule has 0 spiro atoms. The predicted octanol–water partition coefficient (Wildman–Crippen LogP) is 1.13. The number of aromatic nitrogens is 3. The Kier molecular flexibility index (Phi) is 2.78. The first-order chi connectivity index (χ1) is 7.29. The molecule has 1 N–H and O–H groups in total. The van der Waals surface area contributed by atoms with Crippen molar-refractivity contribution in [1.82, 2.24) is 14.8 Å². The molecule has 78 valence electrons. The van der Waals surface area contributed by atoms with Crippen molar-refractivity contribution in [3.8, 4) is 0 Å². The standard InChI is InChI=1S/C11H13N3O/c1-9-2-4-10(5-3-9)6-14-8-12-13-11(14)7-15/h2-5,8,15H,6-7H2,1H3. The molecule has 0 aliphatic rings. The summed E-state index contributed by atoms with van der Waals surface area (Å²) in [5.74, 6) is 0.593. The van der Waals surface area contributed by atoms with E-state index in [9.17, 15) is 0 Å². The van der Waals surface area contributed by atoms with Crippen LogP contribution >= 0.6 is 0 Å². The zero-order valence-corrected chi connectivity index (χ0v) is 8.59. The van der Waals surface area contributed by atoms with E-state index in [4.69, 9.17) is 5.11 Å². The van der Waals surface area contributed by atoms with Gasteiger partial charge in [-0.3, -0.25) is 0 Å². The average Bonchev–Trinajstić information content (AvgIpc) is 2.69. The van der Waals surface area contributed by atoms with Crippen LogP contribution in [0.3, 0.4) is 0 Å². The summed E-state index contributed by atoms with van der Waals surface area (Å²) in [5.41, 5.74) is 2.42. The molecule has 15 heavy (non-hydrogen) atoms. The summed E-state index contributed by atoms with van der Waals surface area (Å²) in [6.07, 6.45) is 1.63. The summed E-state index contributed by atoms with van der Waals surface area (Å²) >= 11 is 0. The molecular formula is C11H13N3O. The molecule has 0 saturated carbocycles. The summed E-state index contributed by atoms with van der Waals surface area (Å²) in [7, 11) is 0. The van der Waals surface area contributed by atoms with Crippen LogP contribution in [-0.2, 0) is 13.2 Å². The molecule has 0 fully saturated rings. The fourth-order valence-corrected chi connectivity index (χ4v) is 1.42. The smallest absolute Gasteiger partial charge is 0.158 e. The van der Waals surface area contributed by atoms with Gasteiger partial charge >= 0.3 is 0 Å². The highest BCUT2D eigenvalue weighted by Crippen LogP contribution is 2.06. The Morgan fingerprint density at radius 2 is 2.00 bits per heavy atom. The van der Waals surface area contributed by atoms with E-state index in [1.807, 2.05) is 4.57 Å². The molecule has 4 heteroatoms. The highest BCUT2D eigenvalue weighted by molar-refractivity contribution is 5.21. The minimum atomic E-state index is -0.0775. The van der Waals surface area contributed by atoms with Crippen LogP contribution in [0.5, 0.6) is 0 Å². The molecule has 0 unspecified atom stereocenters. The zero-order valence-electron chi connectivity index (χ0n) is 8.59. The van der Waals surface area contributed by atoms with E-state index in [1.165, 1.54) is 11.1 Å². The summed E-state index contributed by atoms with van der Waals surface area (Å²) in [6.45, 7) is 2.68. The van der Waals surface area contributed by atoms with E-state index in [0.29, 0.717) is 12.4 Å². The van der Waals surface area contributed by atoms with Crippen LogP contribution in [0.1, 0.15) is 17.0 Å². The first-order valence-electron chi connectivity index (χ1n) is 4.82. The van der Waals surface area contributed by atoms with Crippen molar-refractivity contribution in [2.75, 3.05) is 0 Å². The van der Waals surface area contributed by atoms with Gasteiger partial charge in [-0.2, -0.15) is 0 Å². The van der Waals surface area contributed by atoms with Crippen LogP contribution in [0, 0.1) is 6.92 Å². The molecule has 2 rings (SSSR count). The predicted molar refractivity (Wildman–Crippen MR) is 56.2 cm³/mol. The Balaban J connectivity index is 2.18. The third-order valence-corrected chi connectivity index (χ3v) is 2.31. The normalized spacial score (nSPS) is 10.5. The Hall–Kier alpha value is -1.68. The minimum Gasteiger partial charge on any atom is -0.388 e. The second-order valence-electron chi connectivity index (χ2n) is 3.52. The Morgan fingerprint density at radius 1 is 1.27 bits per heavy atom. The first-order valence-corrected chi connectivity index (χ1v) is 4.82. The maximum absolute atomic E-state index is 9.01. The third kappa shape index (κ3) is 2.22. The van der Waals surface area contributed by atoms with Crippen LogP contribution in [0.15, 0.2) is 30.6 Å². The largest absolute Gasteiger partial charge is 0.388 e. The number of hydrogen-bond donors (Lipinski definition) is 1. The quantitative estimate of drug-likeness (QED) is 0.813. The second kappa shape index (κ2) is 4.23. The molecule has 0 amide bonds. The van der Waals surface area contributed by atoms with Gasteiger partial charge in [0.05, 0.1) is 6.54 Å². The molecular weight excluding hydrogens is 190 g/mol. The van der Waals surface area contributed by atoms with Gasteiger partial charge in [-0.05, 0) is 12.5 Å². The van der Waals surface area contributed by atoms with Crippen LogP contribution in [0.2, 0.25) is 0 Å². The fourth-order valence-electron chi connectivity index (χ4n) is 1.42.